The third-order valence-electron chi connectivity index (χ3n) is 6.90. The second kappa shape index (κ2) is 11.1. The number of carbonyl (C=O) groups is 3. The lowest BCUT2D eigenvalue weighted by Crippen LogP contribution is -2.49. The van der Waals surface area contributed by atoms with Gasteiger partial charge >= 0.3 is 12.2 Å². The zero-order valence-corrected chi connectivity index (χ0v) is 21.8. The van der Waals surface area contributed by atoms with Gasteiger partial charge in [-0.25, -0.2) is 9.18 Å². The van der Waals surface area contributed by atoms with E-state index < -0.39 is 47.5 Å². The van der Waals surface area contributed by atoms with Crippen molar-refractivity contribution in [3.05, 3.63) is 82.3 Å². The van der Waals surface area contributed by atoms with E-state index in [1.54, 1.807) is 6.92 Å². The van der Waals surface area contributed by atoms with Gasteiger partial charge in [0, 0.05) is 13.1 Å². The lowest BCUT2D eigenvalue weighted by Gasteiger charge is -2.33. The van der Waals surface area contributed by atoms with Gasteiger partial charge in [-0.15, -0.1) is 0 Å². The molecule has 39 heavy (non-hydrogen) atoms. The predicted octanol–water partition coefficient (Wildman–Crippen LogP) is 4.76. The normalized spacial score (nSPS) is 18.4. The predicted molar refractivity (Wildman–Crippen MR) is 135 cm³/mol. The van der Waals surface area contributed by atoms with Gasteiger partial charge in [0.1, 0.15) is 11.9 Å². The van der Waals surface area contributed by atoms with E-state index in [-0.39, 0.29) is 42.4 Å². The van der Waals surface area contributed by atoms with Crippen molar-refractivity contribution in [2.45, 2.75) is 52.0 Å². The van der Waals surface area contributed by atoms with Gasteiger partial charge in [-0.05, 0) is 48.6 Å². The van der Waals surface area contributed by atoms with Crippen LogP contribution in [0.25, 0.3) is 0 Å². The third kappa shape index (κ3) is 5.76. The number of urea groups is 1. The minimum Gasteiger partial charge on any atom is -0.350 e. The molecule has 0 fully saturated rings. The van der Waals surface area contributed by atoms with Crippen molar-refractivity contribution in [2.75, 3.05) is 13.1 Å². The zero-order chi connectivity index (χ0) is 28.5. The number of rotatable bonds is 8. The van der Waals surface area contributed by atoms with E-state index in [0.29, 0.717) is 12.0 Å². The van der Waals surface area contributed by atoms with Gasteiger partial charge in [0.15, 0.2) is 0 Å². The SMILES string of the molecule is CCN1C(=O)N[C@@H](c2ccccc2C(F)(F)F)C2=C1CN([C@@H](CC(C)C)C(=O)NCc1ccc(F)cc1)C2=O. The molecule has 11 heteroatoms. The van der Waals surface area contributed by atoms with Crippen molar-refractivity contribution in [3.63, 3.8) is 0 Å². The summed E-state index contributed by atoms with van der Waals surface area (Å²) in [5.41, 5.74) is -0.220. The number of hydrogen-bond acceptors (Lipinski definition) is 3. The van der Waals surface area contributed by atoms with Crippen molar-refractivity contribution in [1.82, 2.24) is 20.4 Å². The highest BCUT2D eigenvalue weighted by atomic mass is 19.4. The number of hydrogen-bond donors (Lipinski definition) is 2. The van der Waals surface area contributed by atoms with Crippen LogP contribution in [0.1, 0.15) is 49.9 Å². The van der Waals surface area contributed by atoms with Crippen LogP contribution in [-0.2, 0) is 22.3 Å². The first-order chi connectivity index (χ1) is 18.4. The molecule has 2 aromatic rings. The lowest BCUT2D eigenvalue weighted by atomic mass is 9.91. The summed E-state index contributed by atoms with van der Waals surface area (Å²) >= 11 is 0. The Morgan fingerprint density at radius 1 is 1.10 bits per heavy atom. The minimum atomic E-state index is -4.70. The first kappa shape index (κ1) is 28.1. The number of nitrogens with one attached hydrogen (secondary N) is 2. The molecule has 0 saturated heterocycles. The first-order valence-electron chi connectivity index (χ1n) is 12.7. The molecular formula is C28H30F4N4O3. The third-order valence-corrected chi connectivity index (χ3v) is 6.90. The number of carbonyl (C=O) groups excluding carboxylic acids is 3. The van der Waals surface area contributed by atoms with E-state index in [0.717, 1.165) is 6.07 Å². The van der Waals surface area contributed by atoms with Crippen LogP contribution >= 0.6 is 0 Å². The monoisotopic (exact) mass is 546 g/mol. The molecule has 7 nitrogen and oxygen atoms in total. The number of alkyl halides is 3. The molecule has 2 atom stereocenters. The fraction of sp³-hybridized carbons (Fsp3) is 0.393. The fourth-order valence-corrected chi connectivity index (χ4v) is 5.07. The Kier molecular flexibility index (Phi) is 7.99. The van der Waals surface area contributed by atoms with E-state index in [2.05, 4.69) is 10.6 Å². The molecule has 208 valence electrons. The van der Waals surface area contributed by atoms with Gasteiger partial charge in [-0.3, -0.25) is 14.5 Å². The summed E-state index contributed by atoms with van der Waals surface area (Å²) in [6.45, 7) is 5.67. The summed E-state index contributed by atoms with van der Waals surface area (Å²) in [6, 6.07) is 7.57. The molecule has 0 saturated carbocycles. The first-order valence-corrected chi connectivity index (χ1v) is 12.7. The number of likely N-dealkylation sites (N-methyl/N-ethyl adjacent to an activating group) is 1. The van der Waals surface area contributed by atoms with E-state index >= 15 is 0 Å². The minimum absolute atomic E-state index is 0.000728. The number of amides is 4. The standard InChI is InChI=1S/C28H30F4N4O3/c1-4-35-22-15-36(21(13-16(2)3)25(37)33-14-17-9-11-18(29)12-10-17)26(38)23(22)24(34-27(35)39)19-7-5-6-8-20(19)28(30,31)32/h5-12,16,21,24H,4,13-15H2,1-3H3,(H,33,37)(H,34,39)/t21-,24-/m0/s1. The van der Waals surface area contributed by atoms with E-state index in [1.165, 1.54) is 52.3 Å². The van der Waals surface area contributed by atoms with Crippen LogP contribution in [0.2, 0.25) is 0 Å². The fourth-order valence-electron chi connectivity index (χ4n) is 5.07. The second-order valence-corrected chi connectivity index (χ2v) is 9.99. The van der Waals surface area contributed by atoms with Gasteiger partial charge < -0.3 is 15.5 Å². The summed E-state index contributed by atoms with van der Waals surface area (Å²) in [5.74, 6) is -1.46. The van der Waals surface area contributed by atoms with Crippen LogP contribution in [0, 0.1) is 11.7 Å². The quantitative estimate of drug-likeness (QED) is 0.469. The molecule has 2 N–H and O–H groups in total. The van der Waals surface area contributed by atoms with Gasteiger partial charge in [0.2, 0.25) is 5.91 Å². The summed E-state index contributed by atoms with van der Waals surface area (Å²) in [4.78, 5) is 42.9. The van der Waals surface area contributed by atoms with Crippen LogP contribution < -0.4 is 10.6 Å². The van der Waals surface area contributed by atoms with Crippen LogP contribution in [0.15, 0.2) is 59.8 Å². The Morgan fingerprint density at radius 3 is 2.38 bits per heavy atom. The topological polar surface area (TPSA) is 81.8 Å². The Bertz CT molecular complexity index is 1290. The summed E-state index contributed by atoms with van der Waals surface area (Å²) in [6.07, 6.45) is -4.41. The van der Waals surface area contributed by atoms with Crippen molar-refractivity contribution >= 4 is 17.8 Å². The number of halogens is 4. The molecule has 0 bridgehead atoms. The smallest absolute Gasteiger partial charge is 0.350 e. The molecule has 0 aliphatic carbocycles. The van der Waals surface area contributed by atoms with Crippen molar-refractivity contribution in [1.29, 1.82) is 0 Å². The average Bonchev–Trinajstić information content (AvgIpc) is 3.22. The van der Waals surface area contributed by atoms with Gasteiger partial charge in [-0.2, -0.15) is 13.2 Å². The zero-order valence-electron chi connectivity index (χ0n) is 21.8. The largest absolute Gasteiger partial charge is 0.416 e. The molecule has 4 rings (SSSR count). The number of nitrogens with zero attached hydrogens (tertiary/aromatic N) is 2. The van der Waals surface area contributed by atoms with Crippen LogP contribution in [0.5, 0.6) is 0 Å². The molecule has 0 spiro atoms. The highest BCUT2D eigenvalue weighted by Crippen LogP contribution is 2.42. The van der Waals surface area contributed by atoms with E-state index in [4.69, 9.17) is 0 Å². The van der Waals surface area contributed by atoms with Crippen molar-refractivity contribution < 1.29 is 31.9 Å². The van der Waals surface area contributed by atoms with Crippen molar-refractivity contribution in [2.24, 2.45) is 5.92 Å². The maximum absolute atomic E-state index is 13.9. The highest BCUT2D eigenvalue weighted by Gasteiger charge is 2.48. The second-order valence-electron chi connectivity index (χ2n) is 9.99. The molecule has 0 aromatic heterocycles. The average molecular weight is 547 g/mol. The molecular weight excluding hydrogens is 516 g/mol. The Labute approximate surface area is 223 Å². The maximum Gasteiger partial charge on any atom is 0.416 e. The molecule has 2 aliphatic rings. The molecule has 0 unspecified atom stereocenters. The Balaban J connectivity index is 1.68. The van der Waals surface area contributed by atoms with Gasteiger partial charge in [0.05, 0.1) is 29.4 Å². The van der Waals surface area contributed by atoms with E-state index in [1.807, 2.05) is 13.8 Å². The van der Waals surface area contributed by atoms with Gasteiger partial charge in [-0.1, -0.05) is 44.2 Å². The van der Waals surface area contributed by atoms with Gasteiger partial charge in [0.25, 0.3) is 5.91 Å². The maximum atomic E-state index is 13.9. The lowest BCUT2D eigenvalue weighted by molar-refractivity contribution is -0.139. The van der Waals surface area contributed by atoms with Crippen molar-refractivity contribution in [3.8, 4) is 0 Å². The van der Waals surface area contributed by atoms with Crippen LogP contribution in [0.3, 0.4) is 0 Å². The molecule has 2 heterocycles. The molecule has 4 amide bonds. The summed E-state index contributed by atoms with van der Waals surface area (Å²) < 4.78 is 54.9. The van der Waals surface area contributed by atoms with Crippen LogP contribution in [-0.4, -0.2) is 46.8 Å². The Morgan fingerprint density at radius 2 is 1.77 bits per heavy atom. The molecule has 2 aromatic carbocycles. The number of benzene rings is 2. The summed E-state index contributed by atoms with van der Waals surface area (Å²) in [5, 5.41) is 5.37. The molecule has 0 radical (unpaired) electrons. The highest BCUT2D eigenvalue weighted by molar-refractivity contribution is 6.03. The Hall–Kier alpha value is -3.89. The van der Waals surface area contributed by atoms with E-state index in [9.17, 15) is 31.9 Å². The summed E-state index contributed by atoms with van der Waals surface area (Å²) in [7, 11) is 0. The molecule has 2 aliphatic heterocycles. The van der Waals surface area contributed by atoms with Crippen LogP contribution in [0.4, 0.5) is 22.4 Å².